The summed E-state index contributed by atoms with van der Waals surface area (Å²) in [5.74, 6) is 0.466. The van der Waals surface area contributed by atoms with Crippen molar-refractivity contribution in [1.82, 2.24) is 4.90 Å². The van der Waals surface area contributed by atoms with Gasteiger partial charge < -0.3 is 14.6 Å². The largest absolute Gasteiger partial charge is 0.453 e. The predicted octanol–water partition coefficient (Wildman–Crippen LogP) is 5.13. The van der Waals surface area contributed by atoms with Gasteiger partial charge in [0.25, 0.3) is 5.91 Å². The fourth-order valence-corrected chi connectivity index (χ4v) is 3.86. The molecule has 0 aliphatic carbocycles. The molecule has 1 aromatic heterocycles. The lowest BCUT2D eigenvalue weighted by molar-refractivity contribution is 0.0635. The Hall–Kier alpha value is -3.08. The summed E-state index contributed by atoms with van der Waals surface area (Å²) in [6.45, 7) is 3.46. The first-order valence-electron chi connectivity index (χ1n) is 10.3. The van der Waals surface area contributed by atoms with Gasteiger partial charge in [-0.2, -0.15) is 0 Å². The molecule has 29 heavy (non-hydrogen) atoms. The highest BCUT2D eigenvalue weighted by Gasteiger charge is 2.24. The van der Waals surface area contributed by atoms with Gasteiger partial charge >= 0.3 is 0 Å². The molecule has 5 nitrogen and oxygen atoms in total. The molecule has 1 fully saturated rings. The SMILES string of the molecule is CC1CCCCN1C(=O)c1ccc(NCCC(=O)c2cc3ccccc3o2)cc1. The third-order valence-electron chi connectivity index (χ3n) is 5.58. The van der Waals surface area contributed by atoms with Crippen LogP contribution in [0, 0.1) is 0 Å². The van der Waals surface area contributed by atoms with Gasteiger partial charge in [-0.05, 0) is 62.6 Å². The zero-order chi connectivity index (χ0) is 20.2. The van der Waals surface area contributed by atoms with E-state index in [-0.39, 0.29) is 11.7 Å². The number of Topliss-reactive ketones (excluding diaryl/α,β-unsaturated/α-hetero) is 1. The zero-order valence-corrected chi connectivity index (χ0v) is 16.7. The second kappa shape index (κ2) is 8.52. The van der Waals surface area contributed by atoms with E-state index in [1.807, 2.05) is 53.4 Å². The summed E-state index contributed by atoms with van der Waals surface area (Å²) < 4.78 is 5.62. The molecule has 150 valence electrons. The number of furan rings is 1. The van der Waals surface area contributed by atoms with E-state index in [9.17, 15) is 9.59 Å². The van der Waals surface area contributed by atoms with Crippen LogP contribution >= 0.6 is 0 Å². The molecule has 5 heteroatoms. The number of hydrogen-bond donors (Lipinski definition) is 1. The Bertz CT molecular complexity index is 973. The monoisotopic (exact) mass is 390 g/mol. The standard InChI is InChI=1S/C24H26N2O3/c1-17-6-4-5-15-26(17)24(28)18-9-11-20(12-10-18)25-14-13-21(27)23-16-19-7-2-3-8-22(19)29-23/h2-3,7-12,16-17,25H,4-6,13-15H2,1H3. The lowest BCUT2D eigenvalue weighted by Gasteiger charge is -2.33. The molecule has 1 amide bonds. The van der Waals surface area contributed by atoms with E-state index < -0.39 is 0 Å². The Balaban J connectivity index is 1.31. The number of anilines is 1. The van der Waals surface area contributed by atoms with Gasteiger partial charge in [-0.1, -0.05) is 18.2 Å². The van der Waals surface area contributed by atoms with E-state index in [1.165, 1.54) is 6.42 Å². The Morgan fingerprint density at radius 3 is 2.66 bits per heavy atom. The summed E-state index contributed by atoms with van der Waals surface area (Å²) in [6.07, 6.45) is 3.69. The predicted molar refractivity (Wildman–Crippen MR) is 114 cm³/mol. The molecule has 2 aromatic carbocycles. The first kappa shape index (κ1) is 19.2. The fourth-order valence-electron chi connectivity index (χ4n) is 3.86. The van der Waals surface area contributed by atoms with E-state index >= 15 is 0 Å². The lowest BCUT2D eigenvalue weighted by Crippen LogP contribution is -2.41. The van der Waals surface area contributed by atoms with E-state index in [0.717, 1.165) is 36.0 Å². The minimum Gasteiger partial charge on any atom is -0.453 e. The van der Waals surface area contributed by atoms with Gasteiger partial charge in [0.1, 0.15) is 5.58 Å². The Labute approximate surface area is 170 Å². The average molecular weight is 390 g/mol. The van der Waals surface area contributed by atoms with Crippen LogP contribution in [0.1, 0.15) is 53.5 Å². The molecule has 1 atom stereocenters. The first-order valence-corrected chi connectivity index (χ1v) is 10.3. The highest BCUT2D eigenvalue weighted by Crippen LogP contribution is 2.21. The van der Waals surface area contributed by atoms with E-state index in [2.05, 4.69) is 12.2 Å². The number of hydrogen-bond acceptors (Lipinski definition) is 4. The lowest BCUT2D eigenvalue weighted by atomic mass is 10.0. The second-order valence-corrected chi connectivity index (χ2v) is 7.67. The second-order valence-electron chi connectivity index (χ2n) is 7.67. The van der Waals surface area contributed by atoms with Crippen molar-refractivity contribution in [3.8, 4) is 0 Å². The Morgan fingerprint density at radius 2 is 1.90 bits per heavy atom. The highest BCUT2D eigenvalue weighted by molar-refractivity contribution is 5.98. The number of ketones is 1. The number of para-hydroxylation sites is 1. The van der Waals surface area contributed by atoms with Crippen LogP contribution in [0.25, 0.3) is 11.0 Å². The van der Waals surface area contributed by atoms with Gasteiger partial charge in [0, 0.05) is 42.2 Å². The van der Waals surface area contributed by atoms with Crippen molar-refractivity contribution in [3.63, 3.8) is 0 Å². The Morgan fingerprint density at radius 1 is 1.10 bits per heavy atom. The van der Waals surface area contributed by atoms with Gasteiger partial charge in [0.15, 0.2) is 11.5 Å². The molecule has 0 radical (unpaired) electrons. The van der Waals surface area contributed by atoms with Crippen molar-refractivity contribution < 1.29 is 14.0 Å². The summed E-state index contributed by atoms with van der Waals surface area (Å²) >= 11 is 0. The van der Waals surface area contributed by atoms with Crippen molar-refractivity contribution in [2.45, 2.75) is 38.6 Å². The molecule has 3 aromatic rings. The number of amides is 1. The number of nitrogens with zero attached hydrogens (tertiary/aromatic N) is 1. The van der Waals surface area contributed by atoms with Crippen LogP contribution in [-0.2, 0) is 0 Å². The number of rotatable bonds is 6. The van der Waals surface area contributed by atoms with Gasteiger partial charge in [-0.15, -0.1) is 0 Å². The molecule has 1 aliphatic heterocycles. The van der Waals surface area contributed by atoms with Crippen molar-refractivity contribution in [1.29, 1.82) is 0 Å². The van der Waals surface area contributed by atoms with Crippen LogP contribution in [0.3, 0.4) is 0 Å². The molecule has 1 unspecified atom stereocenters. The molecule has 1 N–H and O–H groups in total. The maximum absolute atomic E-state index is 12.7. The van der Waals surface area contributed by atoms with Gasteiger partial charge in [-0.3, -0.25) is 9.59 Å². The minimum absolute atomic E-state index is 0.0282. The van der Waals surface area contributed by atoms with Crippen LogP contribution in [0.2, 0.25) is 0 Å². The number of likely N-dealkylation sites (tertiary alicyclic amines) is 1. The quantitative estimate of drug-likeness (QED) is 0.593. The average Bonchev–Trinajstić information content (AvgIpc) is 3.18. The molecule has 0 bridgehead atoms. The van der Waals surface area contributed by atoms with E-state index in [0.29, 0.717) is 30.3 Å². The third-order valence-corrected chi connectivity index (χ3v) is 5.58. The molecular formula is C24H26N2O3. The van der Waals surface area contributed by atoms with Crippen LogP contribution in [0.4, 0.5) is 5.69 Å². The smallest absolute Gasteiger partial charge is 0.254 e. The maximum Gasteiger partial charge on any atom is 0.254 e. The van der Waals surface area contributed by atoms with Crippen LogP contribution in [0.5, 0.6) is 0 Å². The van der Waals surface area contributed by atoms with Crippen molar-refractivity contribution >= 4 is 28.3 Å². The van der Waals surface area contributed by atoms with Crippen LogP contribution < -0.4 is 5.32 Å². The summed E-state index contributed by atoms with van der Waals surface area (Å²) in [5.41, 5.74) is 2.33. The zero-order valence-electron chi connectivity index (χ0n) is 16.7. The van der Waals surface area contributed by atoms with Crippen LogP contribution in [-0.4, -0.2) is 35.7 Å². The fraction of sp³-hybridized carbons (Fsp3) is 0.333. The van der Waals surface area contributed by atoms with Crippen molar-refractivity contribution in [2.75, 3.05) is 18.4 Å². The summed E-state index contributed by atoms with van der Waals surface area (Å²) in [5, 5.41) is 4.18. The van der Waals surface area contributed by atoms with E-state index in [4.69, 9.17) is 4.42 Å². The van der Waals surface area contributed by atoms with Gasteiger partial charge in [0.05, 0.1) is 0 Å². The minimum atomic E-state index is -0.0282. The maximum atomic E-state index is 12.7. The normalized spacial score (nSPS) is 16.7. The molecule has 4 rings (SSSR count). The number of benzene rings is 2. The summed E-state index contributed by atoms with van der Waals surface area (Å²) in [4.78, 5) is 27.0. The Kier molecular flexibility index (Phi) is 5.65. The third kappa shape index (κ3) is 4.34. The van der Waals surface area contributed by atoms with E-state index in [1.54, 1.807) is 6.07 Å². The number of carbonyl (C=O) groups excluding carboxylic acids is 2. The van der Waals surface area contributed by atoms with Crippen molar-refractivity contribution in [2.24, 2.45) is 0 Å². The number of nitrogens with one attached hydrogen (secondary N) is 1. The molecule has 2 heterocycles. The molecule has 1 aliphatic rings. The van der Waals surface area contributed by atoms with Crippen molar-refractivity contribution in [3.05, 3.63) is 65.9 Å². The molecule has 0 spiro atoms. The summed E-state index contributed by atoms with van der Waals surface area (Å²) in [7, 11) is 0. The number of carbonyl (C=O) groups is 2. The highest BCUT2D eigenvalue weighted by atomic mass is 16.3. The number of fused-ring (bicyclic) bond motifs is 1. The van der Waals surface area contributed by atoms with Gasteiger partial charge in [0.2, 0.25) is 0 Å². The number of piperidine rings is 1. The first-order chi connectivity index (χ1) is 14.1. The van der Waals surface area contributed by atoms with Gasteiger partial charge in [-0.25, -0.2) is 0 Å². The topological polar surface area (TPSA) is 62.6 Å². The van der Waals surface area contributed by atoms with Crippen LogP contribution in [0.15, 0.2) is 59.0 Å². The molecule has 1 saturated heterocycles. The molecular weight excluding hydrogens is 364 g/mol. The summed E-state index contributed by atoms with van der Waals surface area (Å²) in [6, 6.07) is 17.2. The molecule has 0 saturated carbocycles.